The third-order valence-corrected chi connectivity index (χ3v) is 5.05. The van der Waals surface area contributed by atoms with Gasteiger partial charge in [-0.25, -0.2) is 8.42 Å². The Balaban J connectivity index is 2.59. The molecule has 1 aromatic carbocycles. The summed E-state index contributed by atoms with van der Waals surface area (Å²) in [6.07, 6.45) is 1.42. The van der Waals surface area contributed by atoms with E-state index in [1.54, 1.807) is 11.8 Å². The zero-order valence-electron chi connectivity index (χ0n) is 13.6. The highest BCUT2D eigenvalue weighted by Gasteiger charge is 2.18. The van der Waals surface area contributed by atoms with Gasteiger partial charge in [-0.15, -0.1) is 0 Å². The molecule has 134 valence electrons. The van der Waals surface area contributed by atoms with Crippen LogP contribution in [0.2, 0.25) is 0 Å². The van der Waals surface area contributed by atoms with Crippen LogP contribution in [0.15, 0.2) is 23.1 Å². The highest BCUT2D eigenvalue weighted by atomic mass is 32.2. The summed E-state index contributed by atoms with van der Waals surface area (Å²) in [5.41, 5.74) is -0.105. The SMILES string of the molecule is CCSCCC(=O)NCCNc1ccc(S(C)(=O)=O)cc1[N+](=O)[O-]. The minimum atomic E-state index is -3.51. The zero-order chi connectivity index (χ0) is 18.2. The number of hydrogen-bond donors (Lipinski definition) is 2. The number of benzene rings is 1. The van der Waals surface area contributed by atoms with Gasteiger partial charge < -0.3 is 10.6 Å². The van der Waals surface area contributed by atoms with Crippen molar-refractivity contribution < 1.29 is 18.1 Å². The van der Waals surface area contributed by atoms with Gasteiger partial charge in [0.1, 0.15) is 5.69 Å². The molecule has 2 N–H and O–H groups in total. The number of amides is 1. The number of hydrogen-bond acceptors (Lipinski definition) is 7. The molecule has 0 radical (unpaired) electrons. The molecule has 0 aliphatic carbocycles. The molecule has 24 heavy (non-hydrogen) atoms. The molecule has 0 unspecified atom stereocenters. The van der Waals surface area contributed by atoms with E-state index in [1.165, 1.54) is 12.1 Å². The van der Waals surface area contributed by atoms with E-state index in [0.717, 1.165) is 23.8 Å². The fraction of sp³-hybridized carbons (Fsp3) is 0.500. The Hall–Kier alpha value is -1.81. The van der Waals surface area contributed by atoms with Crippen LogP contribution in [-0.2, 0) is 14.6 Å². The number of nitro benzene ring substituents is 1. The summed E-state index contributed by atoms with van der Waals surface area (Å²) in [4.78, 5) is 21.9. The molecule has 0 bridgehead atoms. The van der Waals surface area contributed by atoms with Crippen molar-refractivity contribution in [3.05, 3.63) is 28.3 Å². The number of sulfone groups is 1. The summed E-state index contributed by atoms with van der Waals surface area (Å²) in [5.74, 6) is 1.65. The van der Waals surface area contributed by atoms with Crippen LogP contribution in [0.1, 0.15) is 13.3 Å². The standard InChI is InChI=1S/C14H21N3O5S2/c1-3-23-9-6-14(18)16-8-7-15-12-5-4-11(24(2,21)22)10-13(12)17(19)20/h4-5,10,15H,3,6-9H2,1-2H3,(H,16,18). The lowest BCUT2D eigenvalue weighted by atomic mass is 10.2. The maximum absolute atomic E-state index is 11.5. The monoisotopic (exact) mass is 375 g/mol. The Morgan fingerprint density at radius 1 is 1.33 bits per heavy atom. The molecule has 0 aliphatic heterocycles. The van der Waals surface area contributed by atoms with Gasteiger partial charge in [0, 0.05) is 37.6 Å². The Morgan fingerprint density at radius 3 is 2.62 bits per heavy atom. The number of nitrogens with one attached hydrogen (secondary N) is 2. The molecule has 0 fully saturated rings. The minimum Gasteiger partial charge on any atom is -0.378 e. The van der Waals surface area contributed by atoms with Gasteiger partial charge in [0.05, 0.1) is 9.82 Å². The first-order valence-corrected chi connectivity index (χ1v) is 10.4. The molecule has 0 aromatic heterocycles. The summed E-state index contributed by atoms with van der Waals surface area (Å²) in [6, 6.07) is 3.69. The van der Waals surface area contributed by atoms with Gasteiger partial charge in [-0.2, -0.15) is 11.8 Å². The maximum Gasteiger partial charge on any atom is 0.293 e. The Morgan fingerprint density at radius 2 is 2.04 bits per heavy atom. The predicted molar refractivity (Wildman–Crippen MR) is 95.3 cm³/mol. The van der Waals surface area contributed by atoms with Crippen molar-refractivity contribution in [1.82, 2.24) is 5.32 Å². The first kappa shape index (κ1) is 20.2. The normalized spacial score (nSPS) is 11.1. The van der Waals surface area contributed by atoms with E-state index in [2.05, 4.69) is 10.6 Å². The average molecular weight is 375 g/mol. The highest BCUT2D eigenvalue weighted by molar-refractivity contribution is 7.99. The van der Waals surface area contributed by atoms with Gasteiger partial charge in [0.25, 0.3) is 5.69 Å². The smallest absolute Gasteiger partial charge is 0.293 e. The van der Waals surface area contributed by atoms with Gasteiger partial charge in [-0.1, -0.05) is 6.92 Å². The Kier molecular flexibility index (Phi) is 7.99. The number of anilines is 1. The second kappa shape index (κ2) is 9.48. The fourth-order valence-corrected chi connectivity index (χ4v) is 3.10. The van der Waals surface area contributed by atoms with Crippen LogP contribution in [0.3, 0.4) is 0 Å². The quantitative estimate of drug-likeness (QED) is 0.363. The number of carbonyl (C=O) groups is 1. The molecule has 1 rings (SSSR count). The van der Waals surface area contributed by atoms with Crippen molar-refractivity contribution in [2.45, 2.75) is 18.2 Å². The van der Waals surface area contributed by atoms with E-state index >= 15 is 0 Å². The van der Waals surface area contributed by atoms with Gasteiger partial charge in [0.15, 0.2) is 9.84 Å². The predicted octanol–water partition coefficient (Wildman–Crippen LogP) is 1.67. The average Bonchev–Trinajstić information content (AvgIpc) is 2.50. The summed E-state index contributed by atoms with van der Waals surface area (Å²) in [5, 5.41) is 16.6. The largest absolute Gasteiger partial charge is 0.378 e. The van der Waals surface area contributed by atoms with E-state index in [-0.39, 0.29) is 22.2 Å². The topological polar surface area (TPSA) is 118 Å². The number of thioether (sulfide) groups is 1. The number of nitrogens with zero attached hydrogens (tertiary/aromatic N) is 1. The number of carbonyl (C=O) groups excluding carboxylic acids is 1. The van der Waals surface area contributed by atoms with Crippen molar-refractivity contribution in [3.63, 3.8) is 0 Å². The lowest BCUT2D eigenvalue weighted by molar-refractivity contribution is -0.384. The molecular weight excluding hydrogens is 354 g/mol. The highest BCUT2D eigenvalue weighted by Crippen LogP contribution is 2.27. The van der Waals surface area contributed by atoms with E-state index < -0.39 is 14.8 Å². The molecule has 0 saturated heterocycles. The number of rotatable bonds is 10. The second-order valence-electron chi connectivity index (χ2n) is 4.93. The molecule has 0 spiro atoms. The molecule has 0 heterocycles. The molecule has 8 nitrogen and oxygen atoms in total. The van der Waals surface area contributed by atoms with Crippen molar-refractivity contribution in [2.75, 3.05) is 36.2 Å². The summed E-state index contributed by atoms with van der Waals surface area (Å²) in [6.45, 7) is 2.64. The summed E-state index contributed by atoms with van der Waals surface area (Å²) in [7, 11) is -3.51. The van der Waals surface area contributed by atoms with Gasteiger partial charge >= 0.3 is 0 Å². The van der Waals surface area contributed by atoms with Crippen LogP contribution in [0.4, 0.5) is 11.4 Å². The first-order valence-electron chi connectivity index (χ1n) is 7.32. The fourth-order valence-electron chi connectivity index (χ4n) is 1.84. The van der Waals surface area contributed by atoms with Crippen molar-refractivity contribution >= 4 is 38.9 Å². The molecule has 1 amide bonds. The molecule has 0 saturated carbocycles. The molecule has 0 aliphatic rings. The Bertz CT molecular complexity index is 692. The van der Waals surface area contributed by atoms with E-state index in [0.29, 0.717) is 19.5 Å². The Labute approximate surface area is 145 Å². The van der Waals surface area contributed by atoms with Crippen LogP contribution in [-0.4, -0.2) is 50.1 Å². The lowest BCUT2D eigenvalue weighted by Gasteiger charge is -2.09. The number of nitro groups is 1. The van der Waals surface area contributed by atoms with E-state index in [1.807, 2.05) is 6.92 Å². The minimum absolute atomic E-state index is 0.0697. The maximum atomic E-state index is 11.5. The second-order valence-corrected chi connectivity index (χ2v) is 8.34. The molecule has 1 aromatic rings. The van der Waals surface area contributed by atoms with Gasteiger partial charge in [-0.05, 0) is 17.9 Å². The van der Waals surface area contributed by atoms with Gasteiger partial charge in [-0.3, -0.25) is 14.9 Å². The zero-order valence-corrected chi connectivity index (χ0v) is 15.2. The lowest BCUT2D eigenvalue weighted by Crippen LogP contribution is -2.29. The third kappa shape index (κ3) is 6.75. The van der Waals surface area contributed by atoms with Crippen LogP contribution >= 0.6 is 11.8 Å². The van der Waals surface area contributed by atoms with E-state index in [9.17, 15) is 23.3 Å². The van der Waals surface area contributed by atoms with Gasteiger partial charge in [0.2, 0.25) is 5.91 Å². The summed E-state index contributed by atoms with van der Waals surface area (Å²) < 4.78 is 22.9. The van der Waals surface area contributed by atoms with Crippen molar-refractivity contribution in [3.8, 4) is 0 Å². The first-order chi connectivity index (χ1) is 11.3. The molecule has 10 heteroatoms. The van der Waals surface area contributed by atoms with Crippen molar-refractivity contribution in [1.29, 1.82) is 0 Å². The summed E-state index contributed by atoms with van der Waals surface area (Å²) >= 11 is 1.68. The molecular formula is C14H21N3O5S2. The van der Waals surface area contributed by atoms with Crippen LogP contribution in [0, 0.1) is 10.1 Å². The van der Waals surface area contributed by atoms with E-state index in [4.69, 9.17) is 0 Å². The van der Waals surface area contributed by atoms with Crippen LogP contribution < -0.4 is 10.6 Å². The van der Waals surface area contributed by atoms with Crippen molar-refractivity contribution in [2.24, 2.45) is 0 Å². The van der Waals surface area contributed by atoms with Crippen LogP contribution in [0.25, 0.3) is 0 Å². The third-order valence-electron chi connectivity index (χ3n) is 3.03. The molecule has 0 atom stereocenters. The van der Waals surface area contributed by atoms with Crippen LogP contribution in [0.5, 0.6) is 0 Å².